The molecule has 6 rings (SSSR count). The fourth-order valence-electron chi connectivity index (χ4n) is 6.86. The lowest BCUT2D eigenvalue weighted by Crippen LogP contribution is -2.34. The van der Waals surface area contributed by atoms with E-state index >= 15 is 0 Å². The van der Waals surface area contributed by atoms with Crippen molar-refractivity contribution >= 4 is 16.9 Å². The normalized spacial score (nSPS) is 31.0. The van der Waals surface area contributed by atoms with Crippen LogP contribution in [-0.4, -0.2) is 38.0 Å². The van der Waals surface area contributed by atoms with Crippen molar-refractivity contribution in [3.63, 3.8) is 0 Å². The van der Waals surface area contributed by atoms with Gasteiger partial charge >= 0.3 is 11.7 Å². The van der Waals surface area contributed by atoms with E-state index in [1.165, 1.54) is 0 Å². The molecule has 0 bridgehead atoms. The Hall–Kier alpha value is -2.87. The lowest BCUT2D eigenvalue weighted by Gasteiger charge is -2.36. The molecule has 3 atom stereocenters. The lowest BCUT2D eigenvalue weighted by molar-refractivity contribution is -0.0592. The Morgan fingerprint density at radius 3 is 2.62 bits per heavy atom. The van der Waals surface area contributed by atoms with Crippen molar-refractivity contribution in [3.05, 3.63) is 51.9 Å². The van der Waals surface area contributed by atoms with Crippen molar-refractivity contribution in [2.45, 2.75) is 63.0 Å². The van der Waals surface area contributed by atoms with Crippen molar-refractivity contribution in [1.82, 2.24) is 14.7 Å². The van der Waals surface area contributed by atoms with Gasteiger partial charge < -0.3 is 14.4 Å². The monoisotopic (exact) mass is 437 g/mol. The number of H-pyrrole nitrogens is 1. The van der Waals surface area contributed by atoms with E-state index in [0.29, 0.717) is 18.1 Å². The molecule has 0 radical (unpaired) electrons. The number of carboxylic acid groups (broad SMARTS) is 1. The van der Waals surface area contributed by atoms with Crippen LogP contribution in [-0.2, 0) is 10.3 Å². The fourth-order valence-corrected chi connectivity index (χ4v) is 6.86. The number of nitrogens with one attached hydrogen (secondary N) is 1. The largest absolute Gasteiger partial charge is 0.477 e. The van der Waals surface area contributed by atoms with E-state index in [2.05, 4.69) is 24.0 Å². The molecule has 3 fully saturated rings. The third kappa shape index (κ3) is 2.56. The number of fused-ring (bicyclic) bond motifs is 2. The molecule has 3 aromatic rings. The number of carboxylic acids is 1. The quantitative estimate of drug-likeness (QED) is 0.641. The first-order chi connectivity index (χ1) is 15.3. The predicted molar refractivity (Wildman–Crippen MR) is 116 cm³/mol. The number of para-hydroxylation sites is 1. The van der Waals surface area contributed by atoms with Gasteiger partial charge in [0.2, 0.25) is 0 Å². The minimum Gasteiger partial charge on any atom is -0.477 e. The molecule has 1 saturated heterocycles. The van der Waals surface area contributed by atoms with E-state index in [1.807, 2.05) is 28.8 Å². The topological polar surface area (TPSA) is 110 Å². The standard InChI is InChI=1S/C24H27N3O5/c1-23(2)12-13(10-11-31-23)18-14-6-3-4-9-17(14)27(19(18)20(28)29)24(15-7-5-8-16(15)24)21-25-22(30)32-26-21/h3-4,6,9,13,15-16H,5,7-8,10-12H2,1-2H3,(H,28,29)(H,25,26,30)/t13-,15?,16?,24?/m0/s1. The molecule has 168 valence electrons. The minimum absolute atomic E-state index is 0.0722. The van der Waals surface area contributed by atoms with E-state index in [-0.39, 0.29) is 23.4 Å². The average molecular weight is 437 g/mol. The second-order valence-corrected chi connectivity index (χ2v) is 10.1. The molecular weight excluding hydrogens is 410 g/mol. The van der Waals surface area contributed by atoms with E-state index in [1.54, 1.807) is 0 Å². The second kappa shape index (κ2) is 6.57. The van der Waals surface area contributed by atoms with Gasteiger partial charge in [0.15, 0.2) is 5.82 Å². The van der Waals surface area contributed by atoms with Crippen LogP contribution in [0, 0.1) is 11.8 Å². The molecule has 3 heterocycles. The van der Waals surface area contributed by atoms with Crippen LogP contribution in [0.2, 0.25) is 0 Å². The zero-order valence-corrected chi connectivity index (χ0v) is 18.3. The number of aromatic nitrogens is 3. The Kier molecular flexibility index (Phi) is 4.06. The zero-order valence-electron chi connectivity index (χ0n) is 18.3. The molecule has 1 aromatic carbocycles. The highest BCUT2D eigenvalue weighted by Gasteiger charge is 2.71. The Labute approximate surface area is 184 Å². The Bertz CT molecular complexity index is 1270. The Morgan fingerprint density at radius 2 is 1.97 bits per heavy atom. The maximum absolute atomic E-state index is 12.9. The molecule has 1 aliphatic heterocycles. The number of hydrogen-bond acceptors (Lipinski definition) is 5. The van der Waals surface area contributed by atoms with Crippen LogP contribution < -0.4 is 5.76 Å². The maximum Gasteiger partial charge on any atom is 0.438 e. The van der Waals surface area contributed by atoms with Crippen LogP contribution in [0.1, 0.15) is 73.7 Å². The summed E-state index contributed by atoms with van der Waals surface area (Å²) >= 11 is 0. The van der Waals surface area contributed by atoms with Crippen molar-refractivity contribution < 1.29 is 19.2 Å². The summed E-state index contributed by atoms with van der Waals surface area (Å²) in [7, 11) is 0. The highest BCUT2D eigenvalue weighted by Crippen LogP contribution is 2.69. The van der Waals surface area contributed by atoms with Crippen LogP contribution >= 0.6 is 0 Å². The number of ether oxygens (including phenoxy) is 1. The van der Waals surface area contributed by atoms with Crippen molar-refractivity contribution in [3.8, 4) is 0 Å². The number of hydrogen-bond donors (Lipinski definition) is 2. The summed E-state index contributed by atoms with van der Waals surface area (Å²) in [6, 6.07) is 7.92. The molecule has 2 saturated carbocycles. The number of nitrogens with zero attached hydrogens (tertiary/aromatic N) is 2. The number of aromatic amines is 1. The Morgan fingerprint density at radius 1 is 1.22 bits per heavy atom. The van der Waals surface area contributed by atoms with Crippen LogP contribution in [0.25, 0.3) is 10.9 Å². The summed E-state index contributed by atoms with van der Waals surface area (Å²) in [6.07, 6.45) is 4.58. The number of benzene rings is 1. The Balaban J connectivity index is 1.65. The molecule has 2 unspecified atom stereocenters. The third-order valence-electron chi connectivity index (χ3n) is 7.95. The van der Waals surface area contributed by atoms with Crippen molar-refractivity contribution in [2.75, 3.05) is 6.61 Å². The molecule has 8 heteroatoms. The van der Waals surface area contributed by atoms with Gasteiger partial charge in [-0.25, -0.2) is 9.59 Å². The minimum atomic E-state index is -0.948. The first-order valence-electron chi connectivity index (χ1n) is 11.4. The molecule has 8 nitrogen and oxygen atoms in total. The molecule has 0 spiro atoms. The van der Waals surface area contributed by atoms with Crippen LogP contribution in [0.4, 0.5) is 0 Å². The molecule has 2 aliphatic carbocycles. The smallest absolute Gasteiger partial charge is 0.438 e. The van der Waals surface area contributed by atoms with E-state index in [9.17, 15) is 14.7 Å². The van der Waals surface area contributed by atoms with E-state index in [4.69, 9.17) is 9.26 Å². The van der Waals surface area contributed by atoms with Gasteiger partial charge in [-0.15, -0.1) is 0 Å². The summed E-state index contributed by atoms with van der Waals surface area (Å²) in [6.45, 7) is 4.72. The SMILES string of the molecule is CC1(C)C[C@@H](c2c(C(=O)O)n(C3(c4noc(=O)[nH]4)C4CCCC43)c3ccccc23)CCO1. The van der Waals surface area contributed by atoms with Crippen LogP contribution in [0.15, 0.2) is 33.6 Å². The molecular formula is C24H27N3O5. The summed E-state index contributed by atoms with van der Waals surface area (Å²) in [4.78, 5) is 27.5. The van der Waals surface area contributed by atoms with Gasteiger partial charge in [0.1, 0.15) is 11.2 Å². The van der Waals surface area contributed by atoms with E-state index in [0.717, 1.165) is 48.6 Å². The first-order valence-corrected chi connectivity index (χ1v) is 11.4. The highest BCUT2D eigenvalue weighted by molar-refractivity contribution is 5.99. The van der Waals surface area contributed by atoms with Gasteiger partial charge in [0, 0.05) is 17.5 Å². The van der Waals surface area contributed by atoms with Gasteiger partial charge in [-0.2, -0.15) is 0 Å². The molecule has 32 heavy (non-hydrogen) atoms. The van der Waals surface area contributed by atoms with Gasteiger partial charge in [0.05, 0.1) is 5.60 Å². The summed E-state index contributed by atoms with van der Waals surface area (Å²) in [5, 5.41) is 15.6. The molecule has 3 aliphatic rings. The first kappa shape index (κ1) is 19.8. The number of carbonyl (C=O) groups is 1. The lowest BCUT2D eigenvalue weighted by atomic mass is 9.82. The number of aromatic carboxylic acids is 1. The van der Waals surface area contributed by atoms with Gasteiger partial charge in [-0.05, 0) is 68.9 Å². The molecule has 2 aromatic heterocycles. The predicted octanol–water partition coefficient (Wildman–Crippen LogP) is 3.86. The van der Waals surface area contributed by atoms with Crippen molar-refractivity contribution in [1.29, 1.82) is 0 Å². The fraction of sp³-hybridized carbons (Fsp3) is 0.542. The average Bonchev–Trinajstić information content (AvgIpc) is 3.21. The van der Waals surface area contributed by atoms with E-state index < -0.39 is 17.3 Å². The number of rotatable bonds is 4. The summed E-state index contributed by atoms with van der Waals surface area (Å²) in [5.41, 5.74) is 1.07. The van der Waals surface area contributed by atoms with Gasteiger partial charge in [-0.3, -0.25) is 9.51 Å². The maximum atomic E-state index is 12.9. The van der Waals surface area contributed by atoms with Crippen LogP contribution in [0.3, 0.4) is 0 Å². The zero-order chi connectivity index (χ0) is 22.3. The second-order valence-electron chi connectivity index (χ2n) is 10.1. The summed E-state index contributed by atoms with van der Waals surface area (Å²) in [5.74, 6) is -0.575. The van der Waals surface area contributed by atoms with Gasteiger partial charge in [0.25, 0.3) is 0 Å². The highest BCUT2D eigenvalue weighted by atomic mass is 16.5. The third-order valence-corrected chi connectivity index (χ3v) is 7.95. The van der Waals surface area contributed by atoms with Gasteiger partial charge in [-0.1, -0.05) is 29.8 Å². The van der Waals surface area contributed by atoms with Crippen molar-refractivity contribution in [2.24, 2.45) is 11.8 Å². The summed E-state index contributed by atoms with van der Waals surface area (Å²) < 4.78 is 12.8. The van der Waals surface area contributed by atoms with Crippen LogP contribution in [0.5, 0.6) is 0 Å². The molecule has 2 N–H and O–H groups in total. The molecule has 0 amide bonds.